The van der Waals surface area contributed by atoms with Crippen LogP contribution in [0.3, 0.4) is 0 Å². The molecule has 2 heterocycles. The predicted octanol–water partition coefficient (Wildman–Crippen LogP) is 2.58. The van der Waals surface area contributed by atoms with Gasteiger partial charge in [0.2, 0.25) is 4.96 Å². The number of nitrogens with one attached hydrogen (secondary N) is 1. The van der Waals surface area contributed by atoms with Crippen molar-refractivity contribution in [3.63, 3.8) is 0 Å². The van der Waals surface area contributed by atoms with Gasteiger partial charge in [0.1, 0.15) is 12.4 Å². The number of ether oxygens (including phenoxy) is 1. The summed E-state index contributed by atoms with van der Waals surface area (Å²) in [5.74, 6) is 0. The maximum absolute atomic E-state index is 12.2. The van der Waals surface area contributed by atoms with Gasteiger partial charge in [-0.05, 0) is 32.9 Å². The monoisotopic (exact) mass is 380 g/mol. The molecule has 1 aromatic carbocycles. The molecular formula is C15H16N4O4S2. The van der Waals surface area contributed by atoms with Crippen LogP contribution in [0.15, 0.2) is 35.5 Å². The summed E-state index contributed by atoms with van der Waals surface area (Å²) in [7, 11) is -3.98. The van der Waals surface area contributed by atoms with Crippen LogP contribution >= 0.6 is 11.3 Å². The number of carbonyl (C=O) groups is 1. The molecule has 0 aliphatic heterocycles. The van der Waals surface area contributed by atoms with Crippen LogP contribution in [0.5, 0.6) is 0 Å². The third-order valence-electron chi connectivity index (χ3n) is 3.59. The van der Waals surface area contributed by atoms with Gasteiger partial charge in [-0.2, -0.15) is 5.10 Å². The molecule has 10 heteroatoms. The second kappa shape index (κ2) is 6.45. The van der Waals surface area contributed by atoms with Crippen LogP contribution in [0.1, 0.15) is 29.2 Å². The number of benzene rings is 1. The first-order valence-electron chi connectivity index (χ1n) is 7.37. The van der Waals surface area contributed by atoms with E-state index in [9.17, 15) is 13.2 Å². The summed E-state index contributed by atoms with van der Waals surface area (Å²) in [4.78, 5) is 17.5. The number of rotatable bonds is 4. The first kappa shape index (κ1) is 17.4. The van der Waals surface area contributed by atoms with Crippen molar-refractivity contribution in [2.24, 2.45) is 0 Å². The quantitative estimate of drug-likeness (QED) is 0.746. The Balaban J connectivity index is 1.72. The fourth-order valence-corrected chi connectivity index (χ4v) is 4.20. The van der Waals surface area contributed by atoms with Gasteiger partial charge in [-0.3, -0.25) is 0 Å². The number of amides is 1. The van der Waals surface area contributed by atoms with Crippen molar-refractivity contribution < 1.29 is 17.9 Å². The number of hydrogen-bond acceptors (Lipinski definition) is 7. The third kappa shape index (κ3) is 3.49. The number of aromatic nitrogens is 3. The molecule has 0 aliphatic carbocycles. The predicted molar refractivity (Wildman–Crippen MR) is 92.0 cm³/mol. The number of nitrogens with zero attached hydrogens (tertiary/aromatic N) is 3. The lowest BCUT2D eigenvalue weighted by atomic mass is 10.2. The van der Waals surface area contributed by atoms with Gasteiger partial charge in [0.15, 0.2) is 0 Å². The molecule has 1 amide bonds. The zero-order chi connectivity index (χ0) is 18.2. The lowest BCUT2D eigenvalue weighted by Crippen LogP contribution is -2.31. The van der Waals surface area contributed by atoms with Crippen molar-refractivity contribution in [3.05, 3.63) is 46.7 Å². The van der Waals surface area contributed by atoms with Crippen molar-refractivity contribution in [2.45, 2.75) is 31.8 Å². The Hall–Kier alpha value is -2.46. The zero-order valence-corrected chi connectivity index (χ0v) is 15.4. The standard InChI is InChI=1S/C15H16N4O4S2/c1-9-4-6-12(7-5-9)25(21,22)18-15(20)23-11(3)13-10(2)19-14(24-13)16-8-17-19/h4-8,11H,1-3H3,(H,18,20)/t11-/m0/s1. The summed E-state index contributed by atoms with van der Waals surface area (Å²) in [6, 6.07) is 6.16. The topological polar surface area (TPSA) is 103 Å². The van der Waals surface area contributed by atoms with E-state index in [1.54, 1.807) is 23.6 Å². The minimum Gasteiger partial charge on any atom is -0.440 e. The van der Waals surface area contributed by atoms with Gasteiger partial charge in [-0.15, -0.1) is 0 Å². The van der Waals surface area contributed by atoms with Crippen LogP contribution in [-0.4, -0.2) is 29.1 Å². The maximum atomic E-state index is 12.2. The molecule has 1 N–H and O–H groups in total. The van der Waals surface area contributed by atoms with Crippen LogP contribution in [0.25, 0.3) is 4.96 Å². The number of thiazole rings is 1. The van der Waals surface area contributed by atoms with Gasteiger partial charge in [0.25, 0.3) is 10.0 Å². The second-order valence-corrected chi connectivity index (χ2v) is 8.16. The van der Waals surface area contributed by atoms with Crippen molar-refractivity contribution >= 4 is 32.4 Å². The molecule has 132 valence electrons. The minimum absolute atomic E-state index is 0.00215. The number of hydrogen-bond donors (Lipinski definition) is 1. The minimum atomic E-state index is -3.98. The van der Waals surface area contributed by atoms with E-state index >= 15 is 0 Å². The molecule has 0 spiro atoms. The summed E-state index contributed by atoms with van der Waals surface area (Å²) < 4.78 is 33.2. The first-order chi connectivity index (χ1) is 11.8. The lowest BCUT2D eigenvalue weighted by molar-refractivity contribution is 0.114. The average molecular weight is 380 g/mol. The molecule has 8 nitrogen and oxygen atoms in total. The fraction of sp³-hybridized carbons (Fsp3) is 0.267. The number of fused-ring (bicyclic) bond motifs is 1. The van der Waals surface area contributed by atoms with Crippen LogP contribution in [0.2, 0.25) is 0 Å². The van der Waals surface area contributed by atoms with E-state index in [4.69, 9.17) is 4.74 Å². The van der Waals surface area contributed by atoms with Gasteiger partial charge in [-0.1, -0.05) is 29.0 Å². The summed E-state index contributed by atoms with van der Waals surface area (Å²) in [5.41, 5.74) is 1.71. The zero-order valence-electron chi connectivity index (χ0n) is 13.8. The number of sulfonamides is 1. The van der Waals surface area contributed by atoms with Gasteiger partial charge in [-0.25, -0.2) is 27.4 Å². The summed E-state index contributed by atoms with van der Waals surface area (Å²) in [6.07, 6.45) is -0.233. The molecule has 1 atom stereocenters. The lowest BCUT2D eigenvalue weighted by Gasteiger charge is -2.13. The molecular weight excluding hydrogens is 364 g/mol. The SMILES string of the molecule is Cc1ccc(S(=O)(=O)NC(=O)O[C@@H](C)c2sc3ncnn3c2C)cc1. The highest BCUT2D eigenvalue weighted by molar-refractivity contribution is 7.90. The second-order valence-electron chi connectivity index (χ2n) is 5.47. The normalized spacial score (nSPS) is 12.9. The highest BCUT2D eigenvalue weighted by Gasteiger charge is 2.23. The van der Waals surface area contributed by atoms with E-state index in [0.717, 1.165) is 16.1 Å². The third-order valence-corrected chi connectivity index (χ3v) is 6.23. The summed E-state index contributed by atoms with van der Waals surface area (Å²) in [6.45, 7) is 5.33. The Bertz CT molecular complexity index is 1020. The van der Waals surface area contributed by atoms with Gasteiger partial charge >= 0.3 is 6.09 Å². The largest absolute Gasteiger partial charge is 0.440 e. The van der Waals surface area contributed by atoms with Crippen molar-refractivity contribution in [1.82, 2.24) is 19.3 Å². The summed E-state index contributed by atoms with van der Waals surface area (Å²) in [5, 5.41) is 4.07. The van der Waals surface area contributed by atoms with Crippen LogP contribution < -0.4 is 4.72 Å². The molecule has 0 unspecified atom stereocenters. The molecule has 3 aromatic rings. The van der Waals surface area contributed by atoms with Crippen LogP contribution in [0, 0.1) is 13.8 Å². The average Bonchev–Trinajstić information content (AvgIpc) is 3.10. The Kier molecular flexibility index (Phi) is 4.48. The van der Waals surface area contributed by atoms with Crippen molar-refractivity contribution in [3.8, 4) is 0 Å². The molecule has 0 radical (unpaired) electrons. The molecule has 2 aromatic heterocycles. The molecule has 25 heavy (non-hydrogen) atoms. The highest BCUT2D eigenvalue weighted by Crippen LogP contribution is 2.29. The Morgan fingerprint density at radius 1 is 1.28 bits per heavy atom. The molecule has 0 fully saturated rings. The molecule has 0 bridgehead atoms. The highest BCUT2D eigenvalue weighted by atomic mass is 32.2. The van der Waals surface area contributed by atoms with Crippen molar-refractivity contribution in [1.29, 1.82) is 0 Å². The maximum Gasteiger partial charge on any atom is 0.421 e. The smallest absolute Gasteiger partial charge is 0.421 e. The van der Waals surface area contributed by atoms with E-state index in [0.29, 0.717) is 4.96 Å². The molecule has 0 aliphatic rings. The molecule has 0 saturated heterocycles. The molecule has 0 saturated carbocycles. The number of aryl methyl sites for hydroxylation is 2. The first-order valence-corrected chi connectivity index (χ1v) is 9.67. The number of carbonyl (C=O) groups excluding carboxylic acids is 1. The Morgan fingerprint density at radius 2 is 1.96 bits per heavy atom. The van der Waals surface area contributed by atoms with Gasteiger partial charge in [0.05, 0.1) is 15.5 Å². The van der Waals surface area contributed by atoms with E-state index in [2.05, 4.69) is 10.1 Å². The van der Waals surface area contributed by atoms with E-state index < -0.39 is 22.2 Å². The van der Waals surface area contributed by atoms with E-state index in [1.807, 2.05) is 18.6 Å². The van der Waals surface area contributed by atoms with E-state index in [-0.39, 0.29) is 4.90 Å². The summed E-state index contributed by atoms with van der Waals surface area (Å²) >= 11 is 1.33. The van der Waals surface area contributed by atoms with Gasteiger partial charge in [0, 0.05) is 0 Å². The van der Waals surface area contributed by atoms with Crippen LogP contribution in [-0.2, 0) is 14.8 Å². The van der Waals surface area contributed by atoms with Crippen LogP contribution in [0.4, 0.5) is 4.79 Å². The van der Waals surface area contributed by atoms with E-state index in [1.165, 1.54) is 29.8 Å². The Morgan fingerprint density at radius 3 is 2.60 bits per heavy atom. The van der Waals surface area contributed by atoms with Crippen molar-refractivity contribution in [2.75, 3.05) is 0 Å². The Labute approximate surface area is 148 Å². The van der Waals surface area contributed by atoms with Gasteiger partial charge < -0.3 is 4.74 Å². The fourth-order valence-electron chi connectivity index (χ4n) is 2.31. The molecule has 3 rings (SSSR count).